The minimum atomic E-state index is -5.06. The highest BCUT2D eigenvalue weighted by Crippen LogP contribution is 2.33. The van der Waals surface area contributed by atoms with Crippen LogP contribution in [0.25, 0.3) is 0 Å². The molecule has 0 aromatic carbocycles. The van der Waals surface area contributed by atoms with Crippen molar-refractivity contribution in [1.82, 2.24) is 10.6 Å². The number of hydrogen-bond acceptors (Lipinski definition) is 3. The summed E-state index contributed by atoms with van der Waals surface area (Å²) in [4.78, 5) is 22.8. The molecule has 1 unspecified atom stereocenters. The molecule has 3 N–H and O–H groups in total. The van der Waals surface area contributed by atoms with Crippen molar-refractivity contribution in [1.29, 1.82) is 0 Å². The van der Waals surface area contributed by atoms with Crippen LogP contribution in [0.2, 0.25) is 0 Å². The monoisotopic (exact) mass is 310 g/mol. The van der Waals surface area contributed by atoms with E-state index in [0.717, 1.165) is 19.3 Å². The van der Waals surface area contributed by atoms with Crippen molar-refractivity contribution in [3.8, 4) is 0 Å². The van der Waals surface area contributed by atoms with E-state index in [0.29, 0.717) is 19.8 Å². The molecule has 0 radical (unpaired) electrons. The number of carboxylic acid groups (broad SMARTS) is 1. The summed E-state index contributed by atoms with van der Waals surface area (Å²) in [6.45, 7) is 0.458. The highest BCUT2D eigenvalue weighted by atomic mass is 19.4. The number of carboxylic acids is 1. The Bertz CT molecular complexity index is 406. The maximum absolute atomic E-state index is 12.9. The lowest BCUT2D eigenvalue weighted by atomic mass is 9.79. The largest absolute Gasteiger partial charge is 0.479 e. The molecule has 0 saturated heterocycles. The molecule has 0 aromatic heterocycles. The molecule has 1 aliphatic carbocycles. The second-order valence-electron chi connectivity index (χ2n) is 5.74. The van der Waals surface area contributed by atoms with Crippen LogP contribution in [0.5, 0.6) is 0 Å². The van der Waals surface area contributed by atoms with Crippen LogP contribution >= 0.6 is 0 Å². The van der Waals surface area contributed by atoms with E-state index in [4.69, 9.17) is 5.11 Å². The van der Waals surface area contributed by atoms with Crippen molar-refractivity contribution >= 4 is 11.9 Å². The number of carbonyl (C=O) groups is 2. The van der Waals surface area contributed by atoms with Gasteiger partial charge in [-0.1, -0.05) is 19.3 Å². The minimum Gasteiger partial charge on any atom is -0.479 e. The Labute approximate surface area is 121 Å². The van der Waals surface area contributed by atoms with Crippen molar-refractivity contribution in [3.05, 3.63) is 0 Å². The lowest BCUT2D eigenvalue weighted by Gasteiger charge is -2.38. The molecule has 1 saturated carbocycles. The number of alkyl halides is 3. The number of nitrogens with one attached hydrogen (secondary N) is 2. The number of amides is 1. The number of aliphatic carboxylic acids is 1. The van der Waals surface area contributed by atoms with Gasteiger partial charge < -0.3 is 15.7 Å². The van der Waals surface area contributed by atoms with Crippen molar-refractivity contribution in [2.24, 2.45) is 0 Å². The Morgan fingerprint density at radius 3 is 2.10 bits per heavy atom. The van der Waals surface area contributed by atoms with Crippen LogP contribution in [-0.2, 0) is 9.59 Å². The summed E-state index contributed by atoms with van der Waals surface area (Å²) in [5.41, 5.74) is -3.82. The highest BCUT2D eigenvalue weighted by Gasteiger charge is 2.58. The molecule has 0 heterocycles. The predicted molar refractivity (Wildman–Crippen MR) is 69.7 cm³/mol. The maximum atomic E-state index is 12.9. The van der Waals surface area contributed by atoms with Gasteiger partial charge in [0.05, 0.1) is 0 Å². The lowest BCUT2D eigenvalue weighted by molar-refractivity contribution is -0.207. The molecular weight excluding hydrogens is 289 g/mol. The van der Waals surface area contributed by atoms with Crippen molar-refractivity contribution in [2.75, 3.05) is 7.05 Å². The minimum absolute atomic E-state index is 0.164. The Morgan fingerprint density at radius 2 is 1.71 bits per heavy atom. The van der Waals surface area contributed by atoms with Gasteiger partial charge in [0.1, 0.15) is 0 Å². The van der Waals surface area contributed by atoms with Crippen LogP contribution in [-0.4, -0.2) is 41.3 Å². The van der Waals surface area contributed by atoms with Gasteiger partial charge in [0.2, 0.25) is 11.4 Å². The first-order valence-electron chi connectivity index (χ1n) is 6.86. The van der Waals surface area contributed by atoms with Gasteiger partial charge >= 0.3 is 12.1 Å². The topological polar surface area (TPSA) is 78.4 Å². The van der Waals surface area contributed by atoms with Crippen LogP contribution in [0, 0.1) is 0 Å². The van der Waals surface area contributed by atoms with E-state index in [2.05, 4.69) is 5.32 Å². The van der Waals surface area contributed by atoms with Gasteiger partial charge in [-0.05, 0) is 26.8 Å². The third kappa shape index (κ3) is 3.87. The number of carbonyl (C=O) groups excluding carboxylic acids is 1. The SMILES string of the molecule is CNC1(CC(=O)NC(C)(C(=O)O)C(F)(F)F)CCCCC1. The molecule has 0 aromatic rings. The van der Waals surface area contributed by atoms with Crippen molar-refractivity contribution in [3.63, 3.8) is 0 Å². The number of halogens is 3. The third-order valence-corrected chi connectivity index (χ3v) is 4.22. The van der Waals surface area contributed by atoms with E-state index < -0.39 is 29.1 Å². The molecule has 0 bridgehead atoms. The fraction of sp³-hybridized carbons (Fsp3) is 0.846. The molecule has 122 valence electrons. The van der Waals surface area contributed by atoms with Crippen LogP contribution in [0.1, 0.15) is 45.4 Å². The normalized spacial score (nSPS) is 21.4. The maximum Gasteiger partial charge on any atom is 0.422 e. The summed E-state index contributed by atoms with van der Waals surface area (Å²) in [6.07, 6.45) is -1.04. The van der Waals surface area contributed by atoms with E-state index in [1.165, 1.54) is 0 Å². The highest BCUT2D eigenvalue weighted by molar-refractivity contribution is 5.88. The third-order valence-electron chi connectivity index (χ3n) is 4.22. The molecule has 1 amide bonds. The van der Waals surface area contributed by atoms with Crippen LogP contribution in [0.4, 0.5) is 13.2 Å². The zero-order chi connectivity index (χ0) is 16.3. The second-order valence-corrected chi connectivity index (χ2v) is 5.74. The predicted octanol–water partition coefficient (Wildman–Crippen LogP) is 1.82. The fourth-order valence-corrected chi connectivity index (χ4v) is 2.62. The van der Waals surface area contributed by atoms with E-state index in [1.54, 1.807) is 12.4 Å². The molecule has 5 nitrogen and oxygen atoms in total. The fourth-order valence-electron chi connectivity index (χ4n) is 2.62. The van der Waals surface area contributed by atoms with Gasteiger partial charge in [-0.2, -0.15) is 13.2 Å². The summed E-state index contributed by atoms with van der Waals surface area (Å²) >= 11 is 0. The van der Waals surface area contributed by atoms with E-state index >= 15 is 0 Å². The van der Waals surface area contributed by atoms with Crippen molar-refractivity contribution < 1.29 is 27.9 Å². The quantitative estimate of drug-likeness (QED) is 0.724. The first kappa shape index (κ1) is 17.7. The smallest absolute Gasteiger partial charge is 0.422 e. The zero-order valence-electron chi connectivity index (χ0n) is 12.1. The number of rotatable bonds is 5. The molecule has 1 atom stereocenters. The molecule has 21 heavy (non-hydrogen) atoms. The zero-order valence-corrected chi connectivity index (χ0v) is 12.1. The van der Waals surface area contributed by atoms with Crippen LogP contribution in [0.15, 0.2) is 0 Å². The van der Waals surface area contributed by atoms with E-state index in [-0.39, 0.29) is 6.42 Å². The van der Waals surface area contributed by atoms with Crippen LogP contribution < -0.4 is 10.6 Å². The first-order chi connectivity index (χ1) is 9.56. The van der Waals surface area contributed by atoms with Gasteiger partial charge in [-0.15, -0.1) is 0 Å². The Hall–Kier alpha value is -1.31. The van der Waals surface area contributed by atoms with E-state index in [9.17, 15) is 22.8 Å². The van der Waals surface area contributed by atoms with Gasteiger partial charge in [-0.25, -0.2) is 4.79 Å². The van der Waals surface area contributed by atoms with E-state index in [1.807, 2.05) is 0 Å². The Balaban J connectivity index is 2.81. The molecule has 8 heteroatoms. The average molecular weight is 310 g/mol. The van der Waals surface area contributed by atoms with Gasteiger partial charge in [0, 0.05) is 12.0 Å². The number of hydrogen-bond donors (Lipinski definition) is 3. The average Bonchev–Trinajstić information content (AvgIpc) is 2.37. The summed E-state index contributed by atoms with van der Waals surface area (Å²) in [7, 11) is 1.67. The lowest BCUT2D eigenvalue weighted by Crippen LogP contribution is -2.63. The first-order valence-corrected chi connectivity index (χ1v) is 6.86. The molecule has 0 aliphatic heterocycles. The summed E-state index contributed by atoms with van der Waals surface area (Å²) < 4.78 is 38.6. The summed E-state index contributed by atoms with van der Waals surface area (Å²) in [6, 6.07) is 0. The Morgan fingerprint density at radius 1 is 1.19 bits per heavy atom. The summed E-state index contributed by atoms with van der Waals surface area (Å²) in [5, 5.41) is 13.4. The molecule has 0 spiro atoms. The van der Waals surface area contributed by atoms with Crippen LogP contribution in [0.3, 0.4) is 0 Å². The standard InChI is InChI=1S/C13H21F3N2O3/c1-11(10(20)21,13(14,15)16)18-9(19)8-12(17-2)6-4-3-5-7-12/h17H,3-8H2,1-2H3,(H,18,19)(H,20,21). The molecule has 1 aliphatic rings. The van der Waals surface area contributed by atoms with Gasteiger partial charge in [0.25, 0.3) is 0 Å². The molecule has 1 fully saturated rings. The Kier molecular flexibility index (Phi) is 5.25. The van der Waals surface area contributed by atoms with Gasteiger partial charge in [-0.3, -0.25) is 4.79 Å². The summed E-state index contributed by atoms with van der Waals surface area (Å²) in [5.74, 6) is -3.03. The molecule has 1 rings (SSSR count). The van der Waals surface area contributed by atoms with Crippen molar-refractivity contribution in [2.45, 2.75) is 62.7 Å². The van der Waals surface area contributed by atoms with Gasteiger partial charge in [0.15, 0.2) is 0 Å². The molecular formula is C13H21F3N2O3. The second kappa shape index (κ2) is 6.21.